The molecule has 0 fully saturated rings. The van der Waals surface area contributed by atoms with Crippen molar-refractivity contribution in [3.05, 3.63) is 63.7 Å². The van der Waals surface area contributed by atoms with Gasteiger partial charge in [0.15, 0.2) is 5.78 Å². The highest BCUT2D eigenvalue weighted by molar-refractivity contribution is 6.05. The summed E-state index contributed by atoms with van der Waals surface area (Å²) < 4.78 is 5.22. The summed E-state index contributed by atoms with van der Waals surface area (Å²) in [4.78, 5) is 36.1. The standard InChI is InChI=1S/C17H15NO4/c1-10-7-14(19)12-9-13(17(21)22-15(12)8-10)18-16(20)11-5-3-2-4-6-11/h2-6,9-10H,7-8H2,1H3,(H,18,20). The van der Waals surface area contributed by atoms with Gasteiger partial charge in [-0.3, -0.25) is 9.59 Å². The smallest absolute Gasteiger partial charge is 0.359 e. The van der Waals surface area contributed by atoms with E-state index in [-0.39, 0.29) is 17.4 Å². The zero-order valence-electron chi connectivity index (χ0n) is 12.1. The maximum atomic E-state index is 12.1. The van der Waals surface area contributed by atoms with Gasteiger partial charge in [-0.25, -0.2) is 4.79 Å². The van der Waals surface area contributed by atoms with Crippen molar-refractivity contribution in [2.45, 2.75) is 19.8 Å². The third-order valence-corrected chi connectivity index (χ3v) is 3.68. The summed E-state index contributed by atoms with van der Waals surface area (Å²) in [6, 6.07) is 9.97. The highest BCUT2D eigenvalue weighted by atomic mass is 16.4. The van der Waals surface area contributed by atoms with Gasteiger partial charge in [-0.1, -0.05) is 25.1 Å². The van der Waals surface area contributed by atoms with Crippen molar-refractivity contribution in [2.24, 2.45) is 5.92 Å². The molecule has 0 aliphatic heterocycles. The van der Waals surface area contributed by atoms with Gasteiger partial charge in [0, 0.05) is 18.4 Å². The monoisotopic (exact) mass is 297 g/mol. The molecule has 5 heteroatoms. The number of nitrogens with one attached hydrogen (secondary N) is 1. The Hall–Kier alpha value is -2.69. The topological polar surface area (TPSA) is 76.4 Å². The summed E-state index contributed by atoms with van der Waals surface area (Å²) in [5.74, 6) is 0.0940. The van der Waals surface area contributed by atoms with Crippen molar-refractivity contribution in [3.8, 4) is 0 Å². The summed E-state index contributed by atoms with van der Waals surface area (Å²) in [5, 5.41) is 2.51. The van der Waals surface area contributed by atoms with E-state index in [0.717, 1.165) is 0 Å². The van der Waals surface area contributed by atoms with Gasteiger partial charge in [0.1, 0.15) is 11.4 Å². The summed E-state index contributed by atoms with van der Waals surface area (Å²) in [6.45, 7) is 1.94. The van der Waals surface area contributed by atoms with Crippen LogP contribution >= 0.6 is 0 Å². The third kappa shape index (κ3) is 2.70. The second-order valence-electron chi connectivity index (χ2n) is 5.54. The Bertz CT molecular complexity index is 792. The van der Waals surface area contributed by atoms with Crippen LogP contribution in [0.5, 0.6) is 0 Å². The predicted octanol–water partition coefficient (Wildman–Crippen LogP) is 2.66. The minimum Gasteiger partial charge on any atom is -0.426 e. The lowest BCUT2D eigenvalue weighted by molar-refractivity contribution is 0.0942. The quantitative estimate of drug-likeness (QED) is 0.924. The molecule has 2 aromatic rings. The first kappa shape index (κ1) is 14.3. The number of hydrogen-bond donors (Lipinski definition) is 1. The van der Waals surface area contributed by atoms with E-state index in [1.807, 2.05) is 6.92 Å². The molecule has 0 bridgehead atoms. The summed E-state index contributed by atoms with van der Waals surface area (Å²) in [5.41, 5.74) is 0.182. The van der Waals surface area contributed by atoms with Crippen LogP contribution in [-0.4, -0.2) is 11.7 Å². The van der Waals surface area contributed by atoms with E-state index in [2.05, 4.69) is 5.32 Å². The Balaban J connectivity index is 1.93. The molecule has 5 nitrogen and oxygen atoms in total. The predicted molar refractivity (Wildman–Crippen MR) is 81.2 cm³/mol. The number of amides is 1. The first-order valence-corrected chi connectivity index (χ1v) is 7.11. The average molecular weight is 297 g/mol. The molecule has 1 aliphatic carbocycles. The molecule has 1 aromatic carbocycles. The molecule has 1 amide bonds. The van der Waals surface area contributed by atoms with Gasteiger partial charge in [-0.05, 0) is 24.1 Å². The van der Waals surface area contributed by atoms with Crippen molar-refractivity contribution in [1.29, 1.82) is 0 Å². The largest absolute Gasteiger partial charge is 0.426 e. The number of carbonyl (C=O) groups excluding carboxylic acids is 2. The Morgan fingerprint density at radius 1 is 1.18 bits per heavy atom. The molecule has 112 valence electrons. The van der Waals surface area contributed by atoms with E-state index in [4.69, 9.17) is 4.42 Å². The fourth-order valence-corrected chi connectivity index (χ4v) is 2.58. The molecule has 22 heavy (non-hydrogen) atoms. The maximum absolute atomic E-state index is 12.1. The third-order valence-electron chi connectivity index (χ3n) is 3.68. The molecule has 1 unspecified atom stereocenters. The van der Waals surface area contributed by atoms with Crippen LogP contribution in [0, 0.1) is 5.92 Å². The van der Waals surface area contributed by atoms with Crippen LogP contribution in [-0.2, 0) is 6.42 Å². The lowest BCUT2D eigenvalue weighted by Gasteiger charge is -2.19. The van der Waals surface area contributed by atoms with E-state index in [9.17, 15) is 14.4 Å². The molecule has 3 rings (SSSR count). The molecule has 0 saturated carbocycles. The van der Waals surface area contributed by atoms with Gasteiger partial charge in [-0.15, -0.1) is 0 Å². The second-order valence-corrected chi connectivity index (χ2v) is 5.54. The molecule has 1 aliphatic rings. The first-order chi connectivity index (χ1) is 10.5. The fraction of sp³-hybridized carbons (Fsp3) is 0.235. The van der Waals surface area contributed by atoms with Crippen LogP contribution in [0.1, 0.15) is 39.8 Å². The van der Waals surface area contributed by atoms with Gasteiger partial charge < -0.3 is 9.73 Å². The number of rotatable bonds is 2. The zero-order chi connectivity index (χ0) is 15.7. The number of fused-ring (bicyclic) bond motifs is 1. The summed E-state index contributed by atoms with van der Waals surface area (Å²) in [6.07, 6.45) is 0.982. The second kappa shape index (κ2) is 5.60. The lowest BCUT2D eigenvalue weighted by atomic mass is 9.88. The molecule has 1 atom stereocenters. The van der Waals surface area contributed by atoms with Gasteiger partial charge in [0.25, 0.3) is 5.91 Å². The van der Waals surface area contributed by atoms with Crippen LogP contribution < -0.4 is 10.9 Å². The van der Waals surface area contributed by atoms with Crippen LogP contribution in [0.4, 0.5) is 5.69 Å². The van der Waals surface area contributed by atoms with E-state index in [1.165, 1.54) is 6.07 Å². The lowest BCUT2D eigenvalue weighted by Crippen LogP contribution is -2.23. The van der Waals surface area contributed by atoms with Crippen molar-refractivity contribution in [1.82, 2.24) is 0 Å². The van der Waals surface area contributed by atoms with Crippen LogP contribution in [0.25, 0.3) is 0 Å². The highest BCUT2D eigenvalue weighted by Crippen LogP contribution is 2.25. The van der Waals surface area contributed by atoms with Crippen molar-refractivity contribution in [3.63, 3.8) is 0 Å². The van der Waals surface area contributed by atoms with Crippen molar-refractivity contribution >= 4 is 17.4 Å². The van der Waals surface area contributed by atoms with Crippen molar-refractivity contribution in [2.75, 3.05) is 5.32 Å². The SMILES string of the molecule is CC1CC(=O)c2cc(NC(=O)c3ccccc3)c(=O)oc2C1. The average Bonchev–Trinajstić information content (AvgIpc) is 2.49. The van der Waals surface area contributed by atoms with E-state index < -0.39 is 11.5 Å². The Labute approximate surface area is 127 Å². The van der Waals surface area contributed by atoms with Gasteiger partial charge >= 0.3 is 5.63 Å². The molecule has 0 radical (unpaired) electrons. The Kier molecular flexibility index (Phi) is 3.63. The minimum absolute atomic E-state index is 0.00416. The van der Waals surface area contributed by atoms with Crippen LogP contribution in [0.3, 0.4) is 0 Å². The number of ketones is 1. The van der Waals surface area contributed by atoms with Crippen LogP contribution in [0.15, 0.2) is 45.6 Å². The normalized spacial score (nSPS) is 17.0. The molecule has 0 saturated heterocycles. The maximum Gasteiger partial charge on any atom is 0.359 e. The number of hydrogen-bond acceptors (Lipinski definition) is 4. The van der Waals surface area contributed by atoms with E-state index >= 15 is 0 Å². The number of benzene rings is 1. The van der Waals surface area contributed by atoms with Gasteiger partial charge in [0.05, 0.1) is 5.56 Å². The van der Waals surface area contributed by atoms with Gasteiger partial charge in [0.2, 0.25) is 0 Å². The Morgan fingerprint density at radius 3 is 2.64 bits per heavy atom. The fourth-order valence-electron chi connectivity index (χ4n) is 2.58. The Morgan fingerprint density at radius 2 is 1.91 bits per heavy atom. The minimum atomic E-state index is -0.634. The zero-order valence-corrected chi connectivity index (χ0v) is 12.1. The summed E-state index contributed by atoms with van der Waals surface area (Å²) in [7, 11) is 0. The van der Waals surface area contributed by atoms with E-state index in [1.54, 1.807) is 30.3 Å². The van der Waals surface area contributed by atoms with Crippen LogP contribution in [0.2, 0.25) is 0 Å². The van der Waals surface area contributed by atoms with Gasteiger partial charge in [-0.2, -0.15) is 0 Å². The molecule has 1 N–H and O–H groups in total. The molecular weight excluding hydrogens is 282 g/mol. The first-order valence-electron chi connectivity index (χ1n) is 7.11. The molecule has 0 spiro atoms. The number of Topliss-reactive ketones (excluding diaryl/α,β-unsaturated/α-hetero) is 1. The highest BCUT2D eigenvalue weighted by Gasteiger charge is 2.26. The van der Waals surface area contributed by atoms with E-state index in [0.29, 0.717) is 29.7 Å². The number of carbonyl (C=O) groups is 2. The number of anilines is 1. The molecular formula is C17H15NO4. The molecule has 1 aromatic heterocycles. The van der Waals surface area contributed by atoms with Crippen molar-refractivity contribution < 1.29 is 14.0 Å². The molecule has 1 heterocycles. The summed E-state index contributed by atoms with van der Waals surface area (Å²) >= 11 is 0.